The van der Waals surface area contributed by atoms with Crippen molar-refractivity contribution in [1.29, 1.82) is 0 Å². The Labute approximate surface area is 185 Å². The van der Waals surface area contributed by atoms with Gasteiger partial charge < -0.3 is 5.11 Å². The molecule has 33 heavy (non-hydrogen) atoms. The summed E-state index contributed by atoms with van der Waals surface area (Å²) in [5, 5.41) is 15.0. The Morgan fingerprint density at radius 1 is 0.970 bits per heavy atom. The van der Waals surface area contributed by atoms with E-state index in [4.69, 9.17) is 4.84 Å². The maximum absolute atomic E-state index is 13.9. The quantitative estimate of drug-likeness (QED) is 0.295. The SMILES string of the molecule is C[C@@H](N(OCc1ccccc1)C(F)(F)F)[C@](O)(Cn1cncn1)c1ccc(C(F)(F)F)cc1. The number of nitrogens with zero attached hydrogens (tertiary/aromatic N) is 4. The van der Waals surface area contributed by atoms with E-state index in [1.807, 2.05) is 0 Å². The summed E-state index contributed by atoms with van der Waals surface area (Å²) in [4.78, 5) is 8.74. The highest BCUT2D eigenvalue weighted by Crippen LogP contribution is 2.37. The molecule has 12 heteroatoms. The molecule has 0 aliphatic heterocycles. The number of rotatable bonds is 8. The standard InChI is InChI=1S/C21H20F6N4O2/c1-15(31(21(25,26)27)33-11-16-5-3-2-4-6-16)19(32,12-30-14-28-13-29-30)17-7-9-18(10-8-17)20(22,23)24/h2-10,13-15,32H,11-12H2,1H3/t15-,19-/m1/s1. The molecule has 3 rings (SSSR count). The van der Waals surface area contributed by atoms with E-state index in [2.05, 4.69) is 10.1 Å². The Morgan fingerprint density at radius 3 is 2.09 bits per heavy atom. The minimum atomic E-state index is -5.03. The molecule has 0 aliphatic carbocycles. The van der Waals surface area contributed by atoms with Gasteiger partial charge in [-0.05, 0) is 30.2 Å². The van der Waals surface area contributed by atoms with Crippen LogP contribution >= 0.6 is 0 Å². The van der Waals surface area contributed by atoms with Gasteiger partial charge in [-0.25, -0.2) is 9.67 Å². The first-order valence-corrected chi connectivity index (χ1v) is 9.66. The third kappa shape index (κ3) is 5.89. The number of hydrogen-bond donors (Lipinski definition) is 1. The molecular formula is C21H20F6N4O2. The van der Waals surface area contributed by atoms with Gasteiger partial charge in [-0.3, -0.25) is 4.84 Å². The fourth-order valence-corrected chi connectivity index (χ4v) is 3.29. The van der Waals surface area contributed by atoms with E-state index < -0.39 is 42.8 Å². The van der Waals surface area contributed by atoms with Crippen molar-refractivity contribution < 1.29 is 36.3 Å². The summed E-state index contributed by atoms with van der Waals surface area (Å²) >= 11 is 0. The molecule has 1 aromatic heterocycles. The molecule has 3 aromatic rings. The van der Waals surface area contributed by atoms with Crippen LogP contribution in [0.25, 0.3) is 0 Å². The second kappa shape index (κ2) is 9.49. The van der Waals surface area contributed by atoms with Crippen LogP contribution in [0.3, 0.4) is 0 Å². The van der Waals surface area contributed by atoms with Gasteiger partial charge in [-0.2, -0.15) is 31.4 Å². The van der Waals surface area contributed by atoms with E-state index in [0.29, 0.717) is 17.7 Å². The molecule has 2 atom stereocenters. The van der Waals surface area contributed by atoms with Gasteiger partial charge in [0, 0.05) is 0 Å². The highest BCUT2D eigenvalue weighted by molar-refractivity contribution is 5.30. The topological polar surface area (TPSA) is 63.4 Å². The Kier molecular flexibility index (Phi) is 7.10. The highest BCUT2D eigenvalue weighted by Gasteiger charge is 2.51. The van der Waals surface area contributed by atoms with Crippen molar-refractivity contribution in [3.8, 4) is 0 Å². The fourth-order valence-electron chi connectivity index (χ4n) is 3.29. The lowest BCUT2D eigenvalue weighted by Crippen LogP contribution is -2.56. The molecule has 6 nitrogen and oxygen atoms in total. The Hall–Kier alpha value is -2.96. The predicted octanol–water partition coefficient (Wildman–Crippen LogP) is 4.53. The number of aromatic nitrogens is 3. The van der Waals surface area contributed by atoms with Crippen LogP contribution in [-0.4, -0.2) is 37.3 Å². The van der Waals surface area contributed by atoms with Gasteiger partial charge in [0.25, 0.3) is 0 Å². The van der Waals surface area contributed by atoms with Gasteiger partial charge in [-0.15, -0.1) is 0 Å². The van der Waals surface area contributed by atoms with Crippen LogP contribution in [0, 0.1) is 0 Å². The number of halogens is 6. The van der Waals surface area contributed by atoms with E-state index in [9.17, 15) is 31.4 Å². The third-order valence-electron chi connectivity index (χ3n) is 5.09. The van der Waals surface area contributed by atoms with Crippen LogP contribution < -0.4 is 0 Å². The maximum atomic E-state index is 13.9. The summed E-state index contributed by atoms with van der Waals surface area (Å²) in [6, 6.07) is 9.54. The number of hydroxylamine groups is 2. The molecule has 0 unspecified atom stereocenters. The van der Waals surface area contributed by atoms with E-state index in [0.717, 1.165) is 30.1 Å². The average Bonchev–Trinajstić information content (AvgIpc) is 3.26. The molecular weight excluding hydrogens is 454 g/mol. The number of hydrogen-bond acceptors (Lipinski definition) is 5. The highest BCUT2D eigenvalue weighted by atomic mass is 19.4. The minimum Gasteiger partial charge on any atom is -0.381 e. The summed E-state index contributed by atoms with van der Waals surface area (Å²) in [7, 11) is 0. The first-order chi connectivity index (χ1) is 15.4. The molecule has 2 aromatic carbocycles. The molecule has 0 amide bonds. The second-order valence-electron chi connectivity index (χ2n) is 7.32. The Morgan fingerprint density at radius 2 is 1.58 bits per heavy atom. The maximum Gasteiger partial charge on any atom is 0.483 e. The zero-order valence-electron chi connectivity index (χ0n) is 17.3. The summed E-state index contributed by atoms with van der Waals surface area (Å²) in [6.07, 6.45) is -7.39. The summed E-state index contributed by atoms with van der Waals surface area (Å²) in [5.41, 5.74) is -3.09. The number of alkyl halides is 6. The average molecular weight is 474 g/mol. The molecule has 0 radical (unpaired) electrons. The van der Waals surface area contributed by atoms with Gasteiger partial charge >= 0.3 is 12.5 Å². The fraction of sp³-hybridized carbons (Fsp3) is 0.333. The van der Waals surface area contributed by atoms with Gasteiger partial charge in [0.2, 0.25) is 0 Å². The minimum absolute atomic E-state index is 0.184. The van der Waals surface area contributed by atoms with Crippen LogP contribution in [0.4, 0.5) is 26.3 Å². The van der Waals surface area contributed by atoms with Crippen molar-refractivity contribution in [3.63, 3.8) is 0 Å². The Bertz CT molecular complexity index is 1010. The number of aliphatic hydroxyl groups is 1. The van der Waals surface area contributed by atoms with Crippen molar-refractivity contribution in [2.45, 2.75) is 44.2 Å². The third-order valence-corrected chi connectivity index (χ3v) is 5.09. The zero-order valence-corrected chi connectivity index (χ0v) is 17.3. The van der Waals surface area contributed by atoms with E-state index >= 15 is 0 Å². The first kappa shape index (κ1) is 24.7. The van der Waals surface area contributed by atoms with Crippen LogP contribution in [0.5, 0.6) is 0 Å². The van der Waals surface area contributed by atoms with Gasteiger partial charge in [0.1, 0.15) is 18.3 Å². The summed E-state index contributed by atoms with van der Waals surface area (Å²) < 4.78 is 81.7. The molecule has 0 bridgehead atoms. The lowest BCUT2D eigenvalue weighted by molar-refractivity contribution is -0.404. The molecule has 1 N–H and O–H groups in total. The molecule has 0 saturated heterocycles. The molecule has 0 fully saturated rings. The van der Waals surface area contributed by atoms with E-state index in [-0.39, 0.29) is 10.6 Å². The summed E-state index contributed by atoms with van der Waals surface area (Å²) in [6.45, 7) is 0.0883. The number of benzene rings is 2. The monoisotopic (exact) mass is 474 g/mol. The second-order valence-corrected chi connectivity index (χ2v) is 7.32. The molecule has 0 saturated carbocycles. The van der Waals surface area contributed by atoms with Crippen molar-refractivity contribution in [1.82, 2.24) is 19.8 Å². The Balaban J connectivity index is 1.98. The molecule has 1 heterocycles. The smallest absolute Gasteiger partial charge is 0.381 e. The normalized spacial score (nSPS) is 15.4. The van der Waals surface area contributed by atoms with Gasteiger partial charge in [0.05, 0.1) is 24.8 Å². The molecule has 0 spiro atoms. The summed E-state index contributed by atoms with van der Waals surface area (Å²) in [5.74, 6) is 0. The lowest BCUT2D eigenvalue weighted by Gasteiger charge is -2.40. The van der Waals surface area contributed by atoms with Gasteiger partial charge in [-0.1, -0.05) is 47.5 Å². The van der Waals surface area contributed by atoms with Crippen LogP contribution in [-0.2, 0) is 29.8 Å². The lowest BCUT2D eigenvalue weighted by atomic mass is 9.86. The zero-order chi connectivity index (χ0) is 24.3. The van der Waals surface area contributed by atoms with Crippen molar-refractivity contribution >= 4 is 0 Å². The van der Waals surface area contributed by atoms with E-state index in [1.54, 1.807) is 30.3 Å². The van der Waals surface area contributed by atoms with Crippen LogP contribution in [0.15, 0.2) is 67.3 Å². The largest absolute Gasteiger partial charge is 0.483 e. The molecule has 0 aliphatic rings. The van der Waals surface area contributed by atoms with E-state index in [1.165, 1.54) is 6.33 Å². The van der Waals surface area contributed by atoms with Crippen molar-refractivity contribution in [2.75, 3.05) is 0 Å². The van der Waals surface area contributed by atoms with Crippen molar-refractivity contribution in [2.24, 2.45) is 0 Å². The predicted molar refractivity (Wildman–Crippen MR) is 104 cm³/mol. The van der Waals surface area contributed by atoms with Crippen molar-refractivity contribution in [3.05, 3.63) is 83.9 Å². The van der Waals surface area contributed by atoms with Crippen LogP contribution in [0.1, 0.15) is 23.6 Å². The van der Waals surface area contributed by atoms with Gasteiger partial charge in [0.15, 0.2) is 0 Å². The molecule has 178 valence electrons. The van der Waals surface area contributed by atoms with Crippen LogP contribution in [0.2, 0.25) is 0 Å². The first-order valence-electron chi connectivity index (χ1n) is 9.66.